The van der Waals surface area contributed by atoms with Gasteiger partial charge in [-0.1, -0.05) is 18.2 Å². The van der Waals surface area contributed by atoms with E-state index < -0.39 is 41.5 Å². The number of rotatable bonds is 6. The number of ether oxygens (including phenoxy) is 1. The Hall–Kier alpha value is -4.28. The highest BCUT2D eigenvalue weighted by Crippen LogP contribution is 2.37. The number of carbonyl (C=O) groups is 3. The Bertz CT molecular complexity index is 1380. The van der Waals surface area contributed by atoms with Crippen molar-refractivity contribution in [1.82, 2.24) is 9.97 Å². The number of ketones is 1. The van der Waals surface area contributed by atoms with Gasteiger partial charge in [-0.05, 0) is 58.4 Å². The minimum absolute atomic E-state index is 0.108. The Morgan fingerprint density at radius 2 is 1.63 bits per heavy atom. The molecule has 8 nitrogen and oxygen atoms in total. The molecule has 0 aliphatic carbocycles. The average molecular weight is 529 g/mol. The molecule has 3 aromatic rings. The highest BCUT2D eigenvalue weighted by molar-refractivity contribution is 6.12. The third-order valence-corrected chi connectivity index (χ3v) is 5.14. The van der Waals surface area contributed by atoms with E-state index in [0.29, 0.717) is 23.0 Å². The minimum Gasteiger partial charge on any atom is -0.444 e. The molecule has 2 N–H and O–H groups in total. The summed E-state index contributed by atoms with van der Waals surface area (Å²) in [6.45, 7) is 7.79. The van der Waals surface area contributed by atoms with Gasteiger partial charge < -0.3 is 10.1 Å². The first-order valence-corrected chi connectivity index (χ1v) is 11.6. The van der Waals surface area contributed by atoms with Gasteiger partial charge in [0.2, 0.25) is 5.91 Å². The number of anilines is 2. The molecule has 1 heterocycles. The van der Waals surface area contributed by atoms with Gasteiger partial charge in [-0.25, -0.2) is 9.78 Å². The third kappa shape index (κ3) is 7.61. The Kier molecular flexibility index (Phi) is 8.19. The highest BCUT2D eigenvalue weighted by atomic mass is 19.4. The number of hydrogen-bond acceptors (Lipinski definition) is 6. The molecule has 0 saturated heterocycles. The number of aromatic nitrogens is 2. The van der Waals surface area contributed by atoms with Gasteiger partial charge in [0.15, 0.2) is 5.78 Å². The molecule has 0 spiro atoms. The van der Waals surface area contributed by atoms with Gasteiger partial charge in [-0.3, -0.25) is 19.9 Å². The van der Waals surface area contributed by atoms with Crippen LogP contribution in [0.5, 0.6) is 0 Å². The maximum Gasteiger partial charge on any atom is 0.416 e. The fraction of sp³-hybridized carbons (Fsp3) is 0.296. The van der Waals surface area contributed by atoms with Crippen LogP contribution < -0.4 is 10.6 Å². The number of aryl methyl sites for hydroxylation is 2. The van der Waals surface area contributed by atoms with Crippen LogP contribution in [0.15, 0.2) is 48.8 Å². The van der Waals surface area contributed by atoms with E-state index in [-0.39, 0.29) is 22.5 Å². The van der Waals surface area contributed by atoms with Crippen molar-refractivity contribution in [3.63, 3.8) is 0 Å². The van der Waals surface area contributed by atoms with Crippen LogP contribution in [0.1, 0.15) is 54.4 Å². The van der Waals surface area contributed by atoms with Crippen molar-refractivity contribution in [2.45, 2.75) is 52.8 Å². The summed E-state index contributed by atoms with van der Waals surface area (Å²) in [7, 11) is 0. The van der Waals surface area contributed by atoms with Crippen LogP contribution in [0.4, 0.5) is 29.3 Å². The van der Waals surface area contributed by atoms with Crippen molar-refractivity contribution < 1.29 is 32.3 Å². The fourth-order valence-electron chi connectivity index (χ4n) is 3.53. The van der Waals surface area contributed by atoms with Crippen LogP contribution >= 0.6 is 0 Å². The van der Waals surface area contributed by atoms with Gasteiger partial charge in [0.25, 0.3) is 0 Å². The van der Waals surface area contributed by atoms with Crippen LogP contribution in [0.25, 0.3) is 11.3 Å². The first-order chi connectivity index (χ1) is 17.6. The Balaban J connectivity index is 1.82. The van der Waals surface area contributed by atoms with Crippen molar-refractivity contribution in [1.29, 1.82) is 0 Å². The molecular formula is C27H27F3N4O4. The number of nitrogens with one attached hydrogen (secondary N) is 2. The van der Waals surface area contributed by atoms with Gasteiger partial charge in [0, 0.05) is 17.3 Å². The largest absolute Gasteiger partial charge is 0.444 e. The van der Waals surface area contributed by atoms with Crippen molar-refractivity contribution >= 4 is 29.2 Å². The van der Waals surface area contributed by atoms with Gasteiger partial charge in [-0.15, -0.1) is 0 Å². The molecule has 0 unspecified atom stereocenters. The highest BCUT2D eigenvalue weighted by Gasteiger charge is 2.34. The van der Waals surface area contributed by atoms with Crippen LogP contribution in [-0.2, 0) is 15.7 Å². The summed E-state index contributed by atoms with van der Waals surface area (Å²) in [6, 6.07) is 8.31. The number of nitrogens with zero attached hydrogens (tertiary/aromatic N) is 2. The van der Waals surface area contributed by atoms with E-state index in [1.807, 2.05) is 0 Å². The van der Waals surface area contributed by atoms with Crippen molar-refractivity contribution in [2.75, 3.05) is 10.6 Å². The maximum atomic E-state index is 13.5. The molecule has 0 bridgehead atoms. The van der Waals surface area contributed by atoms with Crippen LogP contribution in [-0.4, -0.2) is 33.4 Å². The number of amides is 2. The molecule has 0 saturated carbocycles. The van der Waals surface area contributed by atoms with Crippen molar-refractivity contribution in [3.05, 3.63) is 71.2 Å². The topological polar surface area (TPSA) is 110 Å². The molecule has 2 amide bonds. The summed E-state index contributed by atoms with van der Waals surface area (Å²) >= 11 is 0. The molecule has 38 heavy (non-hydrogen) atoms. The zero-order valence-electron chi connectivity index (χ0n) is 21.5. The lowest BCUT2D eigenvalue weighted by atomic mass is 10.0. The summed E-state index contributed by atoms with van der Waals surface area (Å²) in [6.07, 6.45) is -3.14. The SMILES string of the molecule is Cc1cncc(-c2cccc(C(=O)CC(=O)Nc3cc(C)c(C(F)(F)F)cc3NC(=O)OC(C)(C)C)c2)n1. The number of Topliss-reactive ketones (excluding diaryl/α,β-unsaturated/α-hetero) is 1. The molecule has 0 aliphatic heterocycles. The van der Waals surface area contributed by atoms with E-state index in [0.717, 1.165) is 6.07 Å². The summed E-state index contributed by atoms with van der Waals surface area (Å²) in [5.41, 5.74) is -0.374. The second-order valence-corrected chi connectivity index (χ2v) is 9.61. The van der Waals surface area contributed by atoms with E-state index in [9.17, 15) is 27.6 Å². The molecule has 11 heteroatoms. The minimum atomic E-state index is -4.69. The lowest BCUT2D eigenvalue weighted by Crippen LogP contribution is -2.28. The molecule has 3 rings (SSSR count). The van der Waals surface area contributed by atoms with Crippen LogP contribution in [0.2, 0.25) is 0 Å². The van der Waals surface area contributed by atoms with E-state index in [1.54, 1.807) is 64.4 Å². The molecule has 1 aromatic heterocycles. The zero-order chi connectivity index (χ0) is 28.3. The zero-order valence-corrected chi connectivity index (χ0v) is 21.5. The number of benzene rings is 2. The monoisotopic (exact) mass is 528 g/mol. The van der Waals surface area contributed by atoms with Crippen LogP contribution in [0, 0.1) is 13.8 Å². The van der Waals surface area contributed by atoms with Crippen LogP contribution in [0.3, 0.4) is 0 Å². The third-order valence-electron chi connectivity index (χ3n) is 5.14. The fourth-order valence-corrected chi connectivity index (χ4v) is 3.53. The molecular weight excluding hydrogens is 501 g/mol. The summed E-state index contributed by atoms with van der Waals surface area (Å²) in [4.78, 5) is 46.3. The standard InChI is InChI=1S/C27H27F3N4O4/c1-15-9-20(21(11-19(15)27(28,29)30)34-25(37)38-26(3,4)5)33-24(36)12-23(35)18-8-6-7-17(10-18)22-14-31-13-16(2)32-22/h6-11,13-14H,12H2,1-5H3,(H,33,36)(H,34,37). The Labute approximate surface area is 217 Å². The first-order valence-electron chi connectivity index (χ1n) is 11.6. The second kappa shape index (κ2) is 11.0. The van der Waals surface area contributed by atoms with E-state index >= 15 is 0 Å². The predicted octanol–water partition coefficient (Wildman–Crippen LogP) is 6.34. The number of hydrogen-bond donors (Lipinski definition) is 2. The summed E-state index contributed by atoms with van der Waals surface area (Å²) < 4.78 is 45.6. The molecule has 2 aromatic carbocycles. The lowest BCUT2D eigenvalue weighted by molar-refractivity contribution is -0.138. The van der Waals surface area contributed by atoms with E-state index in [2.05, 4.69) is 20.6 Å². The van der Waals surface area contributed by atoms with Gasteiger partial charge in [0.1, 0.15) is 5.60 Å². The van der Waals surface area contributed by atoms with Gasteiger partial charge >= 0.3 is 12.3 Å². The summed E-state index contributed by atoms with van der Waals surface area (Å²) in [5, 5.41) is 4.69. The predicted molar refractivity (Wildman–Crippen MR) is 136 cm³/mol. The maximum absolute atomic E-state index is 13.5. The Morgan fingerprint density at radius 1 is 0.947 bits per heavy atom. The quantitative estimate of drug-likeness (QED) is 0.285. The lowest BCUT2D eigenvalue weighted by Gasteiger charge is -2.22. The second-order valence-electron chi connectivity index (χ2n) is 9.61. The first kappa shape index (κ1) is 28.3. The average Bonchev–Trinajstić information content (AvgIpc) is 2.78. The number of alkyl halides is 3. The number of carbonyl (C=O) groups excluding carboxylic acids is 3. The van der Waals surface area contributed by atoms with E-state index in [1.165, 1.54) is 6.92 Å². The molecule has 200 valence electrons. The molecule has 0 fully saturated rings. The van der Waals surface area contributed by atoms with Crippen molar-refractivity contribution in [3.8, 4) is 11.3 Å². The van der Waals surface area contributed by atoms with Gasteiger partial charge in [0.05, 0.1) is 40.9 Å². The summed E-state index contributed by atoms with van der Waals surface area (Å²) in [5.74, 6) is -1.29. The normalized spacial score (nSPS) is 11.6. The van der Waals surface area contributed by atoms with Gasteiger partial charge in [-0.2, -0.15) is 13.2 Å². The van der Waals surface area contributed by atoms with Crippen molar-refractivity contribution in [2.24, 2.45) is 0 Å². The molecule has 0 atom stereocenters. The number of halogens is 3. The molecule has 0 radical (unpaired) electrons. The Morgan fingerprint density at radius 3 is 2.26 bits per heavy atom. The van der Waals surface area contributed by atoms with E-state index in [4.69, 9.17) is 4.74 Å². The molecule has 0 aliphatic rings. The smallest absolute Gasteiger partial charge is 0.416 e.